The Balaban J connectivity index is 0.00000408. The first-order valence-corrected chi connectivity index (χ1v) is 19.8. The minimum Gasteiger partial charge on any atom is -0.497 e. The van der Waals surface area contributed by atoms with E-state index in [1.165, 1.54) is 44.5 Å². The smallest absolute Gasteiger partial charge is 0.497 e. The number of aryl methyl sites for hydroxylation is 4. The molecule has 12 aromatic rings. The first-order valence-electron chi connectivity index (χ1n) is 19.8. The number of para-hydroxylation sites is 4. The van der Waals surface area contributed by atoms with E-state index in [-0.39, 0.29) is 20.4 Å². The number of fused-ring (bicyclic) bond motifs is 16. The second kappa shape index (κ2) is 13.5. The van der Waals surface area contributed by atoms with E-state index in [1.54, 1.807) is 6.33 Å². The van der Waals surface area contributed by atoms with E-state index < -0.39 is 0 Å². The SMILES string of the molecule is Cc1cccc(C)c1-c1ccc(-c2c(C)cccc2C)c2c1c1ccc(Oc3[c-]c4c(cc3)c3cncnc3n3c5ccccc5nc43)[c-]c1c1nc3ccccc3n12.[Pd+2]. The van der Waals surface area contributed by atoms with Crippen LogP contribution in [-0.4, -0.2) is 28.7 Å². The van der Waals surface area contributed by atoms with E-state index in [1.807, 2.05) is 42.6 Å². The van der Waals surface area contributed by atoms with Gasteiger partial charge >= 0.3 is 20.4 Å². The molecule has 0 saturated carbocycles. The van der Waals surface area contributed by atoms with Gasteiger partial charge in [-0.1, -0.05) is 119 Å². The van der Waals surface area contributed by atoms with Crippen molar-refractivity contribution < 1.29 is 25.2 Å². The molecule has 7 nitrogen and oxygen atoms in total. The molecule has 0 aliphatic rings. The second-order valence-electron chi connectivity index (χ2n) is 15.5. The number of imidazole rings is 2. The van der Waals surface area contributed by atoms with E-state index in [2.05, 4.69) is 144 Å². The molecule has 0 radical (unpaired) electrons. The number of ether oxygens (including phenoxy) is 1. The Hall–Kier alpha value is -6.98. The molecule has 0 atom stereocenters. The maximum Gasteiger partial charge on any atom is 2.00 e. The minimum atomic E-state index is 0. The fraction of sp³-hybridized carbons (Fsp3) is 0.0769. The summed E-state index contributed by atoms with van der Waals surface area (Å²) in [5.74, 6) is 1.12. The summed E-state index contributed by atoms with van der Waals surface area (Å²) < 4.78 is 11.2. The molecule has 0 bridgehead atoms. The normalized spacial score (nSPS) is 11.9. The third-order valence-electron chi connectivity index (χ3n) is 12.0. The first kappa shape index (κ1) is 36.1. The van der Waals surface area contributed by atoms with Crippen molar-refractivity contribution in [2.45, 2.75) is 27.7 Å². The summed E-state index contributed by atoms with van der Waals surface area (Å²) in [6, 6.07) is 49.7. The van der Waals surface area contributed by atoms with Crippen LogP contribution in [0.1, 0.15) is 22.3 Å². The summed E-state index contributed by atoms with van der Waals surface area (Å²) in [5, 5.41) is 5.78. The standard InChI is InChI=1S/C52H34N6O.Pd/c1-29-11-9-12-30(2)46(29)37-23-24-38(47-31(3)13-10-14-32(47)4)49-48(37)36-22-20-34(26-40(36)51-55-42-15-5-7-17-44(42)57(49)51)59-33-19-21-35-39(25-33)52-56-43-16-6-8-18-45(43)58(52)50-41(35)27-53-28-54-50;/h5-24,27-28H,1-4H3;/q-2;+2. The van der Waals surface area contributed by atoms with Crippen LogP contribution in [0, 0.1) is 39.8 Å². The number of hydrogen-bond acceptors (Lipinski definition) is 5. The summed E-state index contributed by atoms with van der Waals surface area (Å²) in [5.41, 5.74) is 17.0. The largest absolute Gasteiger partial charge is 2.00 e. The van der Waals surface area contributed by atoms with Crippen LogP contribution in [0.2, 0.25) is 0 Å². The number of aromatic nitrogens is 6. The zero-order chi connectivity index (χ0) is 39.5. The molecule has 0 aliphatic heterocycles. The Bertz CT molecular complexity index is 3730. The fourth-order valence-corrected chi connectivity index (χ4v) is 9.48. The molecule has 60 heavy (non-hydrogen) atoms. The predicted molar refractivity (Wildman–Crippen MR) is 239 cm³/mol. The van der Waals surface area contributed by atoms with Gasteiger partial charge in [0.25, 0.3) is 0 Å². The topological polar surface area (TPSA) is 69.6 Å². The van der Waals surface area contributed by atoms with E-state index in [9.17, 15) is 0 Å². The molecule has 0 N–H and O–H groups in total. The van der Waals surface area contributed by atoms with Crippen molar-refractivity contribution in [2.75, 3.05) is 0 Å². The predicted octanol–water partition coefficient (Wildman–Crippen LogP) is 12.6. The van der Waals surface area contributed by atoms with Crippen molar-refractivity contribution >= 4 is 76.8 Å². The maximum absolute atomic E-state index is 6.73. The summed E-state index contributed by atoms with van der Waals surface area (Å²) >= 11 is 0. The van der Waals surface area contributed by atoms with Crippen LogP contribution in [-0.2, 0) is 20.4 Å². The van der Waals surface area contributed by atoms with Crippen molar-refractivity contribution in [1.82, 2.24) is 28.7 Å². The van der Waals surface area contributed by atoms with E-state index in [0.717, 1.165) is 76.8 Å². The van der Waals surface area contributed by atoms with Crippen LogP contribution in [0.15, 0.2) is 134 Å². The van der Waals surface area contributed by atoms with Gasteiger partial charge in [-0.2, -0.15) is 0 Å². The van der Waals surface area contributed by atoms with Gasteiger partial charge < -0.3 is 13.5 Å². The molecular weight excluding hydrogens is 831 g/mol. The summed E-state index contributed by atoms with van der Waals surface area (Å²) in [6.07, 6.45) is 3.44. The maximum atomic E-state index is 6.73. The van der Waals surface area contributed by atoms with Gasteiger partial charge in [0.05, 0.1) is 33.4 Å². The molecule has 5 aromatic heterocycles. The molecule has 288 valence electrons. The Morgan fingerprint density at radius 2 is 1.03 bits per heavy atom. The van der Waals surface area contributed by atoms with Gasteiger partial charge in [0.15, 0.2) is 0 Å². The van der Waals surface area contributed by atoms with Gasteiger partial charge in [-0.3, -0.25) is 9.97 Å². The second-order valence-corrected chi connectivity index (χ2v) is 15.5. The molecule has 7 aromatic carbocycles. The third kappa shape index (κ3) is 5.18. The molecule has 0 unspecified atom stereocenters. The Morgan fingerprint density at radius 1 is 0.500 bits per heavy atom. The molecule has 0 saturated heterocycles. The van der Waals surface area contributed by atoms with Crippen molar-refractivity contribution in [3.8, 4) is 33.8 Å². The van der Waals surface area contributed by atoms with Gasteiger partial charge in [-0.25, -0.2) is 9.97 Å². The monoisotopic (exact) mass is 864 g/mol. The van der Waals surface area contributed by atoms with Crippen LogP contribution in [0.3, 0.4) is 0 Å². The van der Waals surface area contributed by atoms with Crippen molar-refractivity contribution in [1.29, 1.82) is 0 Å². The molecule has 12 rings (SSSR count). The molecule has 0 spiro atoms. The average molecular weight is 865 g/mol. The summed E-state index contributed by atoms with van der Waals surface area (Å²) in [7, 11) is 0. The molecule has 0 amide bonds. The summed E-state index contributed by atoms with van der Waals surface area (Å²) in [6.45, 7) is 8.81. The molecule has 5 heterocycles. The van der Waals surface area contributed by atoms with Gasteiger partial charge in [0, 0.05) is 34.2 Å². The summed E-state index contributed by atoms with van der Waals surface area (Å²) in [4.78, 5) is 19.4. The van der Waals surface area contributed by atoms with Gasteiger partial charge in [0.2, 0.25) is 0 Å². The van der Waals surface area contributed by atoms with Crippen LogP contribution in [0.25, 0.3) is 99.1 Å². The quantitative estimate of drug-likeness (QED) is 0.100. The Kier molecular flexibility index (Phi) is 8.15. The van der Waals surface area contributed by atoms with Gasteiger partial charge in [0.1, 0.15) is 12.0 Å². The van der Waals surface area contributed by atoms with Crippen molar-refractivity contribution in [3.63, 3.8) is 0 Å². The van der Waals surface area contributed by atoms with Crippen molar-refractivity contribution in [3.05, 3.63) is 168 Å². The van der Waals surface area contributed by atoms with Crippen LogP contribution >= 0.6 is 0 Å². The number of nitrogens with zero attached hydrogens (tertiary/aromatic N) is 6. The van der Waals surface area contributed by atoms with E-state index in [0.29, 0.717) is 11.5 Å². The zero-order valence-electron chi connectivity index (χ0n) is 33.1. The average Bonchev–Trinajstić information content (AvgIpc) is 3.84. The van der Waals surface area contributed by atoms with E-state index >= 15 is 0 Å². The van der Waals surface area contributed by atoms with Crippen LogP contribution in [0.4, 0.5) is 0 Å². The van der Waals surface area contributed by atoms with Crippen molar-refractivity contribution in [2.24, 2.45) is 0 Å². The first-order chi connectivity index (χ1) is 28.9. The van der Waals surface area contributed by atoms with Gasteiger partial charge in [-0.15, -0.1) is 12.1 Å². The Labute approximate surface area is 358 Å². The Morgan fingerprint density at radius 3 is 1.68 bits per heavy atom. The minimum absolute atomic E-state index is 0. The van der Waals surface area contributed by atoms with Crippen LogP contribution in [0.5, 0.6) is 11.5 Å². The molecule has 0 aliphatic carbocycles. The number of hydrogen-bond donors (Lipinski definition) is 0. The number of rotatable bonds is 4. The number of pyridine rings is 2. The third-order valence-corrected chi connectivity index (χ3v) is 12.0. The molecule has 8 heteroatoms. The number of benzene rings is 7. The molecular formula is C52H34N6OPd. The van der Waals surface area contributed by atoms with Crippen LogP contribution < -0.4 is 4.74 Å². The van der Waals surface area contributed by atoms with E-state index in [4.69, 9.17) is 14.7 Å². The van der Waals surface area contributed by atoms with Gasteiger partial charge in [-0.05, 0) is 96.3 Å². The fourth-order valence-electron chi connectivity index (χ4n) is 9.48. The molecule has 0 fully saturated rings. The zero-order valence-corrected chi connectivity index (χ0v) is 34.7.